The smallest absolute Gasteiger partial charge is 0.294 e. The largest absolute Gasteiger partial charge is 0.507 e. The molecule has 2 bridgehead atoms. The van der Waals surface area contributed by atoms with Gasteiger partial charge in [-0.3, -0.25) is 4.90 Å². The minimum absolute atomic E-state index is 0.0702. The van der Waals surface area contributed by atoms with Crippen LogP contribution in [0.15, 0.2) is 30.5 Å². The maximum Gasteiger partial charge on any atom is 0.294 e. The molecule has 2 aliphatic heterocycles. The molecule has 0 aliphatic carbocycles. The van der Waals surface area contributed by atoms with Crippen molar-refractivity contribution in [2.24, 2.45) is 0 Å². The summed E-state index contributed by atoms with van der Waals surface area (Å²) >= 11 is 1.36. The Bertz CT molecular complexity index is 1100. The Morgan fingerprint density at radius 2 is 2.06 bits per heavy atom. The summed E-state index contributed by atoms with van der Waals surface area (Å²) in [5.41, 5.74) is 2.41. The van der Waals surface area contributed by atoms with E-state index in [1.807, 2.05) is 31.3 Å². The highest BCUT2D eigenvalue weighted by atomic mass is 32.1. The zero-order chi connectivity index (χ0) is 21.8. The van der Waals surface area contributed by atoms with E-state index in [1.165, 1.54) is 11.3 Å². The van der Waals surface area contributed by atoms with Crippen molar-refractivity contribution in [2.75, 3.05) is 14.2 Å². The number of benzene rings is 1. The fourth-order valence-corrected chi connectivity index (χ4v) is 5.78. The van der Waals surface area contributed by atoms with Crippen LogP contribution in [-0.2, 0) is 4.74 Å². The number of likely N-dealkylation sites (N-methyl/N-ethyl adjacent to an activating group) is 1. The number of nitrogens with zero attached hydrogens (tertiary/aromatic N) is 5. The van der Waals surface area contributed by atoms with E-state index >= 15 is 0 Å². The molecule has 0 amide bonds. The number of fused-ring (bicyclic) bond motifs is 2. The molecular formula is C22H27N5O3S. The molecule has 1 N–H and O–H groups in total. The zero-order valence-electron chi connectivity index (χ0n) is 18.1. The number of aryl methyl sites for hydroxylation is 1. The van der Waals surface area contributed by atoms with Crippen molar-refractivity contribution in [3.05, 3.63) is 36.2 Å². The van der Waals surface area contributed by atoms with Crippen molar-refractivity contribution in [2.45, 2.75) is 56.9 Å². The third-order valence-corrected chi connectivity index (χ3v) is 7.61. The molecule has 4 unspecified atom stereocenters. The second-order valence-corrected chi connectivity index (χ2v) is 9.75. The highest BCUT2D eigenvalue weighted by Gasteiger charge is 2.53. The Labute approximate surface area is 185 Å². The lowest BCUT2D eigenvalue weighted by Gasteiger charge is -2.43. The second kappa shape index (κ2) is 7.58. The van der Waals surface area contributed by atoms with Crippen LogP contribution in [0.4, 0.5) is 0 Å². The van der Waals surface area contributed by atoms with Gasteiger partial charge in [0, 0.05) is 43.8 Å². The van der Waals surface area contributed by atoms with Crippen LogP contribution in [0.5, 0.6) is 10.9 Å². The topological polar surface area (TPSA) is 85.5 Å². The number of phenolic OH excluding ortho intramolecular Hbond substituents is 1. The molecule has 2 aliphatic rings. The number of aromatic nitrogens is 4. The van der Waals surface area contributed by atoms with Crippen molar-refractivity contribution in [1.82, 2.24) is 24.9 Å². The second-order valence-electron chi connectivity index (χ2n) is 8.81. The van der Waals surface area contributed by atoms with Crippen LogP contribution in [0.3, 0.4) is 0 Å². The summed E-state index contributed by atoms with van der Waals surface area (Å²) < 4.78 is 13.7. The first-order chi connectivity index (χ1) is 14.9. The van der Waals surface area contributed by atoms with Gasteiger partial charge in [0.05, 0.1) is 23.0 Å². The minimum Gasteiger partial charge on any atom is -0.507 e. The minimum atomic E-state index is 0.0702. The first kappa shape index (κ1) is 20.4. The van der Waals surface area contributed by atoms with Crippen molar-refractivity contribution in [3.63, 3.8) is 0 Å². The molecule has 164 valence electrons. The van der Waals surface area contributed by atoms with Gasteiger partial charge in [0.25, 0.3) is 5.19 Å². The molecule has 1 aromatic carbocycles. The summed E-state index contributed by atoms with van der Waals surface area (Å²) in [4.78, 5) is 2.44. The van der Waals surface area contributed by atoms with Gasteiger partial charge in [0.1, 0.15) is 11.9 Å². The van der Waals surface area contributed by atoms with Gasteiger partial charge < -0.3 is 14.6 Å². The van der Waals surface area contributed by atoms with E-state index in [1.54, 1.807) is 17.9 Å². The number of methoxy groups -OCH3 is 1. The number of aromatic hydroxyl groups is 1. The Morgan fingerprint density at radius 3 is 2.77 bits per heavy atom. The Balaban J connectivity index is 1.32. The number of rotatable bonds is 5. The van der Waals surface area contributed by atoms with Crippen LogP contribution in [0.2, 0.25) is 0 Å². The van der Waals surface area contributed by atoms with E-state index < -0.39 is 0 Å². The molecule has 2 fully saturated rings. The predicted octanol–water partition coefficient (Wildman–Crippen LogP) is 3.42. The molecule has 0 spiro atoms. The van der Waals surface area contributed by atoms with Crippen molar-refractivity contribution in [3.8, 4) is 27.2 Å². The van der Waals surface area contributed by atoms with E-state index in [4.69, 9.17) is 9.47 Å². The number of hydrogen-bond donors (Lipinski definition) is 1. The highest BCUT2D eigenvalue weighted by Crippen LogP contribution is 2.45. The maximum atomic E-state index is 10.6. The fourth-order valence-electron chi connectivity index (χ4n) is 4.98. The summed E-state index contributed by atoms with van der Waals surface area (Å²) in [5.74, 6) is 0.140. The molecule has 2 saturated heterocycles. The molecule has 0 saturated carbocycles. The van der Waals surface area contributed by atoms with Crippen molar-refractivity contribution in [1.29, 1.82) is 0 Å². The quantitative estimate of drug-likeness (QED) is 0.649. The molecule has 8 nitrogen and oxygen atoms in total. The van der Waals surface area contributed by atoms with E-state index in [-0.39, 0.29) is 23.5 Å². The van der Waals surface area contributed by atoms with Crippen LogP contribution >= 0.6 is 11.3 Å². The summed E-state index contributed by atoms with van der Waals surface area (Å²) in [5, 5.41) is 24.6. The number of ether oxygens (including phenoxy) is 2. The Kier molecular flexibility index (Phi) is 4.99. The Morgan fingerprint density at radius 1 is 1.23 bits per heavy atom. The third kappa shape index (κ3) is 3.60. The first-order valence-electron chi connectivity index (χ1n) is 10.5. The summed E-state index contributed by atoms with van der Waals surface area (Å²) in [6, 6.07) is 7.70. The monoisotopic (exact) mass is 441 g/mol. The van der Waals surface area contributed by atoms with E-state index in [0.29, 0.717) is 21.8 Å². The molecule has 4 atom stereocenters. The summed E-state index contributed by atoms with van der Waals surface area (Å²) in [7, 11) is 3.97. The van der Waals surface area contributed by atoms with Gasteiger partial charge >= 0.3 is 0 Å². The van der Waals surface area contributed by atoms with E-state index in [9.17, 15) is 5.11 Å². The van der Waals surface area contributed by atoms with Crippen molar-refractivity contribution < 1.29 is 14.6 Å². The van der Waals surface area contributed by atoms with Gasteiger partial charge in [-0.15, -0.1) is 5.10 Å². The predicted molar refractivity (Wildman–Crippen MR) is 118 cm³/mol. The number of hydrogen-bond acceptors (Lipinski definition) is 8. The zero-order valence-corrected chi connectivity index (χ0v) is 19.0. The lowest BCUT2D eigenvalue weighted by atomic mass is 9.89. The molecule has 31 heavy (non-hydrogen) atoms. The van der Waals surface area contributed by atoms with Gasteiger partial charge in [-0.25, -0.2) is 4.68 Å². The molecule has 2 aromatic heterocycles. The summed E-state index contributed by atoms with van der Waals surface area (Å²) in [6.45, 7) is 4.21. The van der Waals surface area contributed by atoms with Gasteiger partial charge in [0.15, 0.2) is 5.01 Å². The average molecular weight is 442 g/mol. The van der Waals surface area contributed by atoms with Crippen LogP contribution in [0.25, 0.3) is 16.3 Å². The van der Waals surface area contributed by atoms with Gasteiger partial charge in [-0.1, -0.05) is 16.4 Å². The maximum absolute atomic E-state index is 10.6. The molecule has 9 heteroatoms. The number of piperidine rings is 1. The van der Waals surface area contributed by atoms with Crippen molar-refractivity contribution >= 4 is 11.3 Å². The third-order valence-electron chi connectivity index (χ3n) is 6.77. The van der Waals surface area contributed by atoms with Crippen LogP contribution in [0, 0.1) is 6.92 Å². The molecule has 4 heterocycles. The lowest BCUT2D eigenvalue weighted by Crippen LogP contribution is -2.52. The van der Waals surface area contributed by atoms with Crippen LogP contribution < -0.4 is 4.74 Å². The van der Waals surface area contributed by atoms with E-state index in [2.05, 4.69) is 34.2 Å². The normalized spacial score (nSPS) is 28.2. The van der Waals surface area contributed by atoms with Gasteiger partial charge in [-0.2, -0.15) is 5.10 Å². The Hall–Kier alpha value is -2.49. The van der Waals surface area contributed by atoms with Crippen LogP contribution in [0.1, 0.15) is 31.9 Å². The lowest BCUT2D eigenvalue weighted by molar-refractivity contribution is -0.00133. The standard InChI is InChI=1S/C22H27N5O3S/c1-13-7-8-27(25-13)14-5-6-16(18(28)9-14)20-23-24-21(31-20)30-15-10-17-19(29-4)12-22(2,11-15)26(17)3/h5-9,15,17,19,28H,10-12H2,1-4H3. The SMILES string of the molecule is COC1CC2(C)CC(Oc3nnc(-c4ccc(-n5ccc(C)n5)cc4O)s3)CC1N2C. The molecule has 0 radical (unpaired) electrons. The van der Waals surface area contributed by atoms with E-state index in [0.717, 1.165) is 30.6 Å². The summed E-state index contributed by atoms with van der Waals surface area (Å²) in [6.07, 6.45) is 5.03. The first-order valence-corrected chi connectivity index (χ1v) is 11.3. The molecular weight excluding hydrogens is 414 g/mol. The van der Waals surface area contributed by atoms with Gasteiger partial charge in [-0.05, 0) is 45.5 Å². The van der Waals surface area contributed by atoms with Gasteiger partial charge in [0.2, 0.25) is 0 Å². The average Bonchev–Trinajstić information content (AvgIpc) is 3.40. The molecule has 5 rings (SSSR count). The number of phenols is 1. The van der Waals surface area contributed by atoms with Crippen LogP contribution in [-0.4, -0.2) is 67.9 Å². The fraction of sp³-hybridized carbons (Fsp3) is 0.500. The highest BCUT2D eigenvalue weighted by molar-refractivity contribution is 7.16. The molecule has 3 aromatic rings.